The molecule has 0 saturated carbocycles. The number of ether oxygens (including phenoxy) is 1. The molecule has 4 nitrogen and oxygen atoms in total. The number of amides is 1. The van der Waals surface area contributed by atoms with Crippen molar-refractivity contribution in [3.05, 3.63) is 0 Å². The molecule has 0 unspecified atom stereocenters. The van der Waals surface area contributed by atoms with E-state index in [1.807, 2.05) is 25.7 Å². The number of carbonyl (C=O) groups excluding carboxylic acids is 1. The van der Waals surface area contributed by atoms with Gasteiger partial charge in [0.2, 0.25) is 0 Å². The Bertz CT molecular complexity index is 372. The third-order valence-corrected chi connectivity index (χ3v) is 5.44. The molecule has 1 aliphatic rings. The first-order valence-corrected chi connectivity index (χ1v) is 11.6. The largest absolute Gasteiger partial charge is 0.444 e. The lowest BCUT2D eigenvalue weighted by atomic mass is 9.96. The second-order valence-corrected chi connectivity index (χ2v) is 9.33. The highest BCUT2D eigenvalue weighted by molar-refractivity contribution is 5.68. The fraction of sp³-hybridized carbons (Fsp3) is 0.957. The molecule has 1 aliphatic heterocycles. The predicted molar refractivity (Wildman–Crippen MR) is 115 cm³/mol. The van der Waals surface area contributed by atoms with Gasteiger partial charge < -0.3 is 14.5 Å². The van der Waals surface area contributed by atoms with Crippen LogP contribution in [0.3, 0.4) is 0 Å². The van der Waals surface area contributed by atoms with Crippen LogP contribution in [0.1, 0.15) is 98.8 Å². The summed E-state index contributed by atoms with van der Waals surface area (Å²) >= 11 is 0. The van der Waals surface area contributed by atoms with Crippen molar-refractivity contribution in [2.75, 3.05) is 32.7 Å². The van der Waals surface area contributed by atoms with Gasteiger partial charge >= 0.3 is 6.09 Å². The summed E-state index contributed by atoms with van der Waals surface area (Å²) in [7, 11) is 0. The van der Waals surface area contributed by atoms with Crippen LogP contribution in [-0.2, 0) is 4.74 Å². The second kappa shape index (κ2) is 13.4. The molecular formula is C23H46N2O2. The van der Waals surface area contributed by atoms with Crippen molar-refractivity contribution in [2.45, 2.75) is 104 Å². The first-order valence-electron chi connectivity index (χ1n) is 11.6. The van der Waals surface area contributed by atoms with Crippen molar-refractivity contribution >= 4 is 6.09 Å². The van der Waals surface area contributed by atoms with Crippen LogP contribution in [-0.4, -0.2) is 54.2 Å². The fourth-order valence-corrected chi connectivity index (χ4v) is 3.81. The average molecular weight is 383 g/mol. The summed E-state index contributed by atoms with van der Waals surface area (Å²) in [6.45, 7) is 15.8. The van der Waals surface area contributed by atoms with Crippen LogP contribution in [0, 0.1) is 5.92 Å². The molecule has 0 atom stereocenters. The number of nitrogens with zero attached hydrogens (tertiary/aromatic N) is 2. The van der Waals surface area contributed by atoms with E-state index in [1.165, 1.54) is 71.0 Å². The molecule has 0 aromatic carbocycles. The number of likely N-dealkylation sites (tertiary alicyclic amines) is 1. The highest BCUT2D eigenvalue weighted by atomic mass is 16.6. The number of rotatable bonds is 12. The van der Waals surface area contributed by atoms with Crippen LogP contribution < -0.4 is 0 Å². The highest BCUT2D eigenvalue weighted by Crippen LogP contribution is 2.21. The Morgan fingerprint density at radius 1 is 0.926 bits per heavy atom. The molecule has 0 N–H and O–H groups in total. The Balaban J connectivity index is 2.38. The molecule has 0 aromatic rings. The molecule has 1 fully saturated rings. The minimum atomic E-state index is -0.401. The third-order valence-electron chi connectivity index (χ3n) is 5.44. The van der Waals surface area contributed by atoms with E-state index in [0.29, 0.717) is 0 Å². The van der Waals surface area contributed by atoms with Gasteiger partial charge in [0.15, 0.2) is 0 Å². The van der Waals surface area contributed by atoms with Crippen molar-refractivity contribution in [3.8, 4) is 0 Å². The Morgan fingerprint density at radius 2 is 1.44 bits per heavy atom. The normalized spacial score (nSPS) is 16.1. The molecule has 1 rings (SSSR count). The SMILES string of the molecule is CCCCCCN(CCCCCC)CC1CCN(C(=O)OC(C)(C)C)CC1. The summed E-state index contributed by atoms with van der Waals surface area (Å²) in [6.07, 6.45) is 12.8. The lowest BCUT2D eigenvalue weighted by Gasteiger charge is -2.35. The Kier molecular flexibility index (Phi) is 12.1. The molecule has 0 radical (unpaired) electrons. The topological polar surface area (TPSA) is 32.8 Å². The first kappa shape index (κ1) is 24.3. The van der Waals surface area contributed by atoms with E-state index >= 15 is 0 Å². The number of unbranched alkanes of at least 4 members (excludes halogenated alkanes) is 6. The number of hydrogen-bond donors (Lipinski definition) is 0. The predicted octanol–water partition coefficient (Wildman–Crippen LogP) is 6.10. The lowest BCUT2D eigenvalue weighted by Crippen LogP contribution is -2.44. The maximum Gasteiger partial charge on any atom is 0.410 e. The number of hydrogen-bond acceptors (Lipinski definition) is 3. The second-order valence-electron chi connectivity index (χ2n) is 9.33. The Labute approximate surface area is 169 Å². The molecule has 0 aliphatic carbocycles. The fourth-order valence-electron chi connectivity index (χ4n) is 3.81. The van der Waals surface area contributed by atoms with E-state index in [1.54, 1.807) is 0 Å². The van der Waals surface area contributed by atoms with Gasteiger partial charge in [0.25, 0.3) is 0 Å². The monoisotopic (exact) mass is 382 g/mol. The van der Waals surface area contributed by atoms with Crippen molar-refractivity contribution in [3.63, 3.8) is 0 Å². The van der Waals surface area contributed by atoms with E-state index in [2.05, 4.69) is 18.7 Å². The van der Waals surface area contributed by atoms with Crippen molar-refractivity contribution in [2.24, 2.45) is 5.92 Å². The molecule has 0 aromatic heterocycles. The minimum absolute atomic E-state index is 0.142. The van der Waals surface area contributed by atoms with Gasteiger partial charge in [-0.2, -0.15) is 0 Å². The van der Waals surface area contributed by atoms with Gasteiger partial charge in [0, 0.05) is 19.6 Å². The van der Waals surface area contributed by atoms with Gasteiger partial charge in [-0.25, -0.2) is 4.79 Å². The van der Waals surface area contributed by atoms with Gasteiger partial charge in [0.05, 0.1) is 0 Å². The van der Waals surface area contributed by atoms with Crippen LogP contribution in [0.5, 0.6) is 0 Å². The highest BCUT2D eigenvalue weighted by Gasteiger charge is 2.27. The molecule has 1 heterocycles. The Hall–Kier alpha value is -0.770. The summed E-state index contributed by atoms with van der Waals surface area (Å²) in [6, 6.07) is 0. The average Bonchev–Trinajstić information content (AvgIpc) is 2.61. The zero-order valence-corrected chi connectivity index (χ0v) is 18.9. The number of piperidine rings is 1. The van der Waals surface area contributed by atoms with Crippen molar-refractivity contribution in [1.29, 1.82) is 0 Å². The molecule has 1 amide bonds. The number of carbonyl (C=O) groups is 1. The van der Waals surface area contributed by atoms with E-state index in [4.69, 9.17) is 4.74 Å². The van der Waals surface area contributed by atoms with E-state index < -0.39 is 5.60 Å². The van der Waals surface area contributed by atoms with Crippen LogP contribution in [0.4, 0.5) is 4.79 Å². The van der Waals surface area contributed by atoms with Crippen molar-refractivity contribution < 1.29 is 9.53 Å². The smallest absolute Gasteiger partial charge is 0.410 e. The summed E-state index contributed by atoms with van der Waals surface area (Å²) in [5.74, 6) is 0.723. The van der Waals surface area contributed by atoms with E-state index in [-0.39, 0.29) is 6.09 Å². The summed E-state index contributed by atoms with van der Waals surface area (Å²) in [5, 5.41) is 0. The molecule has 27 heavy (non-hydrogen) atoms. The molecule has 1 saturated heterocycles. The molecule has 0 spiro atoms. The van der Waals surface area contributed by atoms with Crippen LogP contribution in [0.2, 0.25) is 0 Å². The first-order chi connectivity index (χ1) is 12.9. The van der Waals surface area contributed by atoms with Crippen LogP contribution in [0.15, 0.2) is 0 Å². The van der Waals surface area contributed by atoms with Gasteiger partial charge in [-0.1, -0.05) is 52.4 Å². The summed E-state index contributed by atoms with van der Waals surface area (Å²) in [4.78, 5) is 16.8. The van der Waals surface area contributed by atoms with Gasteiger partial charge in [-0.05, 0) is 65.5 Å². The van der Waals surface area contributed by atoms with Gasteiger partial charge in [0.1, 0.15) is 5.60 Å². The molecular weight excluding hydrogens is 336 g/mol. The van der Waals surface area contributed by atoms with Crippen LogP contribution in [0.25, 0.3) is 0 Å². The molecule has 0 bridgehead atoms. The summed E-state index contributed by atoms with van der Waals surface area (Å²) < 4.78 is 5.52. The minimum Gasteiger partial charge on any atom is -0.444 e. The molecule has 4 heteroatoms. The van der Waals surface area contributed by atoms with Crippen molar-refractivity contribution in [1.82, 2.24) is 9.80 Å². The maximum absolute atomic E-state index is 12.2. The molecule has 160 valence electrons. The summed E-state index contributed by atoms with van der Waals surface area (Å²) in [5.41, 5.74) is -0.401. The lowest BCUT2D eigenvalue weighted by molar-refractivity contribution is 0.0169. The maximum atomic E-state index is 12.2. The quantitative estimate of drug-likeness (QED) is 0.383. The zero-order chi connectivity index (χ0) is 20.1. The van der Waals surface area contributed by atoms with Crippen LogP contribution >= 0.6 is 0 Å². The Morgan fingerprint density at radius 3 is 1.89 bits per heavy atom. The third kappa shape index (κ3) is 11.6. The van der Waals surface area contributed by atoms with E-state index in [0.717, 1.165) is 31.8 Å². The van der Waals surface area contributed by atoms with Gasteiger partial charge in [-0.15, -0.1) is 0 Å². The van der Waals surface area contributed by atoms with E-state index in [9.17, 15) is 4.79 Å². The standard InChI is InChI=1S/C23H46N2O2/c1-6-8-10-12-16-24(17-13-11-9-7-2)20-21-14-18-25(19-15-21)22(26)27-23(3,4)5/h21H,6-20H2,1-5H3. The van der Waals surface area contributed by atoms with Gasteiger partial charge in [-0.3, -0.25) is 0 Å². The zero-order valence-electron chi connectivity index (χ0n) is 18.9.